The van der Waals surface area contributed by atoms with Gasteiger partial charge in [0.15, 0.2) is 0 Å². The van der Waals surface area contributed by atoms with Crippen LogP contribution in [0.4, 0.5) is 0 Å². The Balaban J connectivity index is 1.65. The average Bonchev–Trinajstić information content (AvgIpc) is 3.16. The number of benzene rings is 1. The lowest BCUT2D eigenvalue weighted by atomic mass is 9.81. The number of hydrogen-bond donors (Lipinski definition) is 1. The van der Waals surface area contributed by atoms with Crippen molar-refractivity contribution >= 4 is 11.9 Å². The lowest BCUT2D eigenvalue weighted by Gasteiger charge is -2.36. The van der Waals surface area contributed by atoms with Gasteiger partial charge in [0.25, 0.3) is 0 Å². The summed E-state index contributed by atoms with van der Waals surface area (Å²) >= 11 is 0. The van der Waals surface area contributed by atoms with Gasteiger partial charge < -0.3 is 14.8 Å². The van der Waals surface area contributed by atoms with Crippen molar-refractivity contribution in [3.8, 4) is 0 Å². The van der Waals surface area contributed by atoms with Crippen molar-refractivity contribution in [2.45, 2.75) is 63.2 Å². The Morgan fingerprint density at radius 2 is 1.88 bits per heavy atom. The summed E-state index contributed by atoms with van der Waals surface area (Å²) in [6.07, 6.45) is 5.40. The first-order valence-electron chi connectivity index (χ1n) is 8.84. The van der Waals surface area contributed by atoms with Gasteiger partial charge in [0, 0.05) is 6.61 Å². The third-order valence-electron chi connectivity index (χ3n) is 4.90. The molecule has 0 unspecified atom stereocenters. The van der Waals surface area contributed by atoms with Gasteiger partial charge >= 0.3 is 5.97 Å². The summed E-state index contributed by atoms with van der Waals surface area (Å²) in [6, 6.07) is 9.60. The maximum Gasteiger partial charge on any atom is 0.332 e. The van der Waals surface area contributed by atoms with Crippen LogP contribution in [0.3, 0.4) is 0 Å². The normalized spacial score (nSPS) is 22.8. The lowest BCUT2D eigenvalue weighted by Crippen LogP contribution is -2.58. The first kappa shape index (κ1) is 17.0. The molecule has 0 radical (unpaired) electrons. The smallest absolute Gasteiger partial charge is 0.332 e. The summed E-state index contributed by atoms with van der Waals surface area (Å²) < 4.78 is 11.0. The molecular weight excluding hydrogens is 306 g/mol. The summed E-state index contributed by atoms with van der Waals surface area (Å²) in [7, 11) is 0. The fraction of sp³-hybridized carbons (Fsp3) is 0.579. The highest BCUT2D eigenvalue weighted by atomic mass is 16.5. The molecule has 0 bridgehead atoms. The van der Waals surface area contributed by atoms with Crippen molar-refractivity contribution in [1.82, 2.24) is 5.32 Å². The Hall–Kier alpha value is -1.88. The number of ether oxygens (including phenoxy) is 2. The molecule has 3 rings (SSSR count). The summed E-state index contributed by atoms with van der Waals surface area (Å²) in [5.74, 6) is -0.497. The number of esters is 1. The molecule has 2 fully saturated rings. The van der Waals surface area contributed by atoms with Crippen LogP contribution in [0.15, 0.2) is 30.3 Å². The molecule has 2 aliphatic rings. The fourth-order valence-corrected chi connectivity index (χ4v) is 3.50. The van der Waals surface area contributed by atoms with Crippen molar-refractivity contribution in [2.75, 3.05) is 6.61 Å². The number of carbonyl (C=O) groups is 2. The molecule has 1 N–H and O–H groups in total. The van der Waals surface area contributed by atoms with Crippen molar-refractivity contribution in [2.24, 2.45) is 0 Å². The second kappa shape index (κ2) is 7.79. The predicted octanol–water partition coefficient (Wildman–Crippen LogP) is 2.73. The molecule has 1 aromatic carbocycles. The molecule has 24 heavy (non-hydrogen) atoms. The van der Waals surface area contributed by atoms with Crippen LogP contribution in [0.1, 0.15) is 50.5 Å². The van der Waals surface area contributed by atoms with Gasteiger partial charge in [0.2, 0.25) is 5.91 Å². The Kier molecular flexibility index (Phi) is 5.51. The fourth-order valence-electron chi connectivity index (χ4n) is 3.50. The van der Waals surface area contributed by atoms with Crippen LogP contribution >= 0.6 is 0 Å². The molecule has 0 aromatic heterocycles. The van der Waals surface area contributed by atoms with Gasteiger partial charge in [-0.3, -0.25) is 4.79 Å². The second-order valence-corrected chi connectivity index (χ2v) is 6.70. The van der Waals surface area contributed by atoms with Crippen LogP contribution in [0.2, 0.25) is 0 Å². The highest BCUT2D eigenvalue weighted by Crippen LogP contribution is 2.30. The first-order chi connectivity index (χ1) is 11.7. The zero-order valence-corrected chi connectivity index (χ0v) is 14.0. The summed E-state index contributed by atoms with van der Waals surface area (Å²) in [6.45, 7) is 0.848. The minimum Gasteiger partial charge on any atom is -0.459 e. The predicted molar refractivity (Wildman–Crippen MR) is 89.2 cm³/mol. The topological polar surface area (TPSA) is 64.6 Å². The highest BCUT2D eigenvalue weighted by Gasteiger charge is 2.43. The molecule has 1 amide bonds. The molecule has 1 heterocycles. The Labute approximate surface area is 142 Å². The van der Waals surface area contributed by atoms with Crippen molar-refractivity contribution in [1.29, 1.82) is 0 Å². The van der Waals surface area contributed by atoms with E-state index in [2.05, 4.69) is 5.32 Å². The standard InChI is InChI=1S/C19H25NO4/c21-17(16-10-7-13-23-16)20-19(11-5-2-6-12-19)18(22)24-14-15-8-3-1-4-9-15/h1,3-4,8-9,16H,2,5-7,10-14H2,(H,20,21)/t16-/m1/s1. The van der Waals surface area contributed by atoms with Gasteiger partial charge in [0.05, 0.1) is 0 Å². The minimum atomic E-state index is -0.893. The maximum atomic E-state index is 12.8. The van der Waals surface area contributed by atoms with E-state index >= 15 is 0 Å². The molecule has 5 heteroatoms. The van der Waals surface area contributed by atoms with Crippen molar-refractivity contribution < 1.29 is 19.1 Å². The quantitative estimate of drug-likeness (QED) is 0.843. The SMILES string of the molecule is O=C(NC1(C(=O)OCc2ccccc2)CCCCC1)[C@H]1CCCO1. The molecule has 0 spiro atoms. The molecule has 130 valence electrons. The van der Waals surface area contributed by atoms with Gasteiger partial charge in [0.1, 0.15) is 18.2 Å². The van der Waals surface area contributed by atoms with Gasteiger partial charge in [-0.15, -0.1) is 0 Å². The molecule has 1 aliphatic heterocycles. The molecule has 1 saturated carbocycles. The van der Waals surface area contributed by atoms with Crippen LogP contribution in [-0.4, -0.2) is 30.1 Å². The van der Waals surface area contributed by atoms with E-state index in [9.17, 15) is 9.59 Å². The van der Waals surface area contributed by atoms with Gasteiger partial charge in [-0.1, -0.05) is 49.6 Å². The van der Waals surface area contributed by atoms with E-state index in [1.165, 1.54) is 0 Å². The Bertz CT molecular complexity index is 560. The van der Waals surface area contributed by atoms with Crippen LogP contribution in [0.5, 0.6) is 0 Å². The minimum absolute atomic E-state index is 0.175. The molecular formula is C19H25NO4. The van der Waals surface area contributed by atoms with Crippen molar-refractivity contribution in [3.63, 3.8) is 0 Å². The Morgan fingerprint density at radius 1 is 1.12 bits per heavy atom. The van der Waals surface area contributed by atoms with E-state index in [1.54, 1.807) is 0 Å². The summed E-state index contributed by atoms with van der Waals surface area (Å²) in [5.41, 5.74) is 0.0537. The van der Waals surface area contributed by atoms with E-state index < -0.39 is 11.6 Å². The summed E-state index contributed by atoms with van der Waals surface area (Å²) in [5, 5.41) is 2.97. The van der Waals surface area contributed by atoms with Gasteiger partial charge in [-0.25, -0.2) is 4.79 Å². The van der Waals surface area contributed by atoms with Gasteiger partial charge in [-0.2, -0.15) is 0 Å². The average molecular weight is 331 g/mol. The molecule has 1 aliphatic carbocycles. The number of nitrogens with one attached hydrogen (secondary N) is 1. The third kappa shape index (κ3) is 3.96. The number of hydrogen-bond acceptors (Lipinski definition) is 4. The maximum absolute atomic E-state index is 12.8. The van der Waals surface area contributed by atoms with Crippen LogP contribution in [-0.2, 0) is 25.7 Å². The lowest BCUT2D eigenvalue weighted by molar-refractivity contribution is -0.158. The van der Waals surface area contributed by atoms with Gasteiger partial charge in [-0.05, 0) is 31.2 Å². The van der Waals surface area contributed by atoms with Crippen LogP contribution < -0.4 is 5.32 Å². The Morgan fingerprint density at radius 3 is 2.54 bits per heavy atom. The number of rotatable bonds is 5. The highest BCUT2D eigenvalue weighted by molar-refractivity contribution is 5.90. The monoisotopic (exact) mass is 331 g/mol. The van der Waals surface area contributed by atoms with E-state index in [4.69, 9.17) is 9.47 Å². The zero-order chi connectivity index (χ0) is 16.8. The molecule has 1 saturated heterocycles. The van der Waals surface area contributed by atoms with E-state index in [-0.39, 0.29) is 18.5 Å². The zero-order valence-electron chi connectivity index (χ0n) is 14.0. The van der Waals surface area contributed by atoms with Crippen LogP contribution in [0.25, 0.3) is 0 Å². The second-order valence-electron chi connectivity index (χ2n) is 6.70. The van der Waals surface area contributed by atoms with E-state index in [1.807, 2.05) is 30.3 Å². The van der Waals surface area contributed by atoms with E-state index in [0.717, 1.165) is 37.7 Å². The largest absolute Gasteiger partial charge is 0.459 e. The third-order valence-corrected chi connectivity index (χ3v) is 4.90. The summed E-state index contributed by atoms with van der Waals surface area (Å²) in [4.78, 5) is 25.2. The van der Waals surface area contributed by atoms with Crippen molar-refractivity contribution in [3.05, 3.63) is 35.9 Å². The first-order valence-corrected chi connectivity index (χ1v) is 8.84. The number of carbonyl (C=O) groups excluding carboxylic acids is 2. The van der Waals surface area contributed by atoms with Crippen LogP contribution in [0, 0.1) is 0 Å². The van der Waals surface area contributed by atoms with E-state index in [0.29, 0.717) is 19.4 Å². The molecule has 1 aromatic rings. The molecule has 1 atom stereocenters. The number of amides is 1. The molecule has 5 nitrogen and oxygen atoms in total.